The highest BCUT2D eigenvalue weighted by atomic mass is 16.3. The van der Waals surface area contributed by atoms with Gasteiger partial charge < -0.3 is 5.11 Å². The fraction of sp³-hybridized carbons (Fsp3) is 0.125. The molecule has 0 bridgehead atoms. The average Bonchev–Trinajstić information content (AvgIpc) is 2.03. The first-order chi connectivity index (χ1) is 5.65. The second-order valence-electron chi connectivity index (χ2n) is 2.47. The molecule has 1 aromatic carbocycles. The summed E-state index contributed by atoms with van der Waals surface area (Å²) in [4.78, 5) is 11.0. The fourth-order valence-electron chi connectivity index (χ4n) is 0.980. The van der Waals surface area contributed by atoms with Gasteiger partial charge in [0.25, 0.3) is 5.91 Å². The van der Waals surface area contributed by atoms with Gasteiger partial charge in [-0.3, -0.25) is 10.2 Å². The molecule has 0 spiro atoms. The van der Waals surface area contributed by atoms with Crippen molar-refractivity contribution in [1.29, 1.82) is 0 Å². The van der Waals surface area contributed by atoms with Gasteiger partial charge in [0, 0.05) is 5.56 Å². The highest BCUT2D eigenvalue weighted by Gasteiger charge is 2.06. The maximum Gasteiger partial charge on any atom is 0.265 e. The Morgan fingerprint density at radius 1 is 1.58 bits per heavy atom. The van der Waals surface area contributed by atoms with Crippen LogP contribution in [0.15, 0.2) is 18.2 Å². The molecule has 4 N–H and O–H groups in total. The smallest absolute Gasteiger partial charge is 0.265 e. The average molecular weight is 166 g/mol. The summed E-state index contributed by atoms with van der Waals surface area (Å²) in [6, 6.07) is 4.47. The van der Waals surface area contributed by atoms with Crippen LogP contribution in [0, 0.1) is 6.92 Å². The molecule has 4 heteroatoms. The Kier molecular flexibility index (Phi) is 2.30. The van der Waals surface area contributed by atoms with Crippen molar-refractivity contribution in [2.24, 2.45) is 5.84 Å². The van der Waals surface area contributed by atoms with Gasteiger partial charge >= 0.3 is 0 Å². The topological polar surface area (TPSA) is 75.3 Å². The lowest BCUT2D eigenvalue weighted by molar-refractivity contribution is 0.0953. The van der Waals surface area contributed by atoms with Gasteiger partial charge in [-0.25, -0.2) is 5.84 Å². The summed E-state index contributed by atoms with van der Waals surface area (Å²) in [5.41, 5.74) is 3.18. The summed E-state index contributed by atoms with van der Waals surface area (Å²) in [5, 5.41) is 9.03. The summed E-state index contributed by atoms with van der Waals surface area (Å²) >= 11 is 0. The molecule has 0 aliphatic rings. The number of nitrogens with two attached hydrogens (primary N) is 1. The number of carbonyl (C=O) groups excluding carboxylic acids is 1. The number of rotatable bonds is 1. The minimum atomic E-state index is -0.354. The van der Waals surface area contributed by atoms with E-state index in [0.29, 0.717) is 11.1 Å². The molecular weight excluding hydrogens is 156 g/mol. The predicted molar refractivity (Wildman–Crippen MR) is 44.5 cm³/mol. The van der Waals surface area contributed by atoms with Gasteiger partial charge in [0.2, 0.25) is 0 Å². The molecule has 0 unspecified atom stereocenters. The molecule has 0 saturated heterocycles. The first kappa shape index (κ1) is 8.55. The standard InChI is InChI=1S/C8H10N2O2/c1-5-4-6(11)2-3-7(5)8(12)10-9/h2-4,11H,9H2,1H3,(H,10,12). The van der Waals surface area contributed by atoms with Gasteiger partial charge in [-0.05, 0) is 30.7 Å². The summed E-state index contributed by atoms with van der Waals surface area (Å²) in [7, 11) is 0. The Balaban J connectivity index is 3.09. The lowest BCUT2D eigenvalue weighted by Crippen LogP contribution is -2.30. The highest BCUT2D eigenvalue weighted by Crippen LogP contribution is 2.14. The molecule has 1 aromatic rings. The van der Waals surface area contributed by atoms with Crippen molar-refractivity contribution in [1.82, 2.24) is 5.43 Å². The minimum Gasteiger partial charge on any atom is -0.508 e. The van der Waals surface area contributed by atoms with Crippen LogP contribution in [0.3, 0.4) is 0 Å². The van der Waals surface area contributed by atoms with E-state index in [1.807, 2.05) is 5.43 Å². The number of nitrogen functional groups attached to an aromatic ring is 1. The Morgan fingerprint density at radius 2 is 2.25 bits per heavy atom. The lowest BCUT2D eigenvalue weighted by Gasteiger charge is -2.03. The SMILES string of the molecule is Cc1cc(O)ccc1C(=O)NN. The molecule has 0 aromatic heterocycles. The van der Waals surface area contributed by atoms with E-state index in [1.54, 1.807) is 6.92 Å². The van der Waals surface area contributed by atoms with E-state index in [1.165, 1.54) is 18.2 Å². The van der Waals surface area contributed by atoms with Crippen molar-refractivity contribution in [3.8, 4) is 5.75 Å². The van der Waals surface area contributed by atoms with E-state index in [9.17, 15) is 4.79 Å². The van der Waals surface area contributed by atoms with Crippen molar-refractivity contribution in [3.63, 3.8) is 0 Å². The molecule has 0 heterocycles. The third-order valence-electron chi connectivity index (χ3n) is 1.59. The first-order valence-electron chi connectivity index (χ1n) is 3.45. The Labute approximate surface area is 70.0 Å². The first-order valence-corrected chi connectivity index (χ1v) is 3.45. The number of amides is 1. The number of hydrogen-bond donors (Lipinski definition) is 3. The number of phenols is 1. The van der Waals surface area contributed by atoms with Gasteiger partial charge in [-0.1, -0.05) is 0 Å². The summed E-state index contributed by atoms with van der Waals surface area (Å²) < 4.78 is 0. The molecule has 12 heavy (non-hydrogen) atoms. The number of aryl methyl sites for hydroxylation is 1. The molecule has 0 aliphatic heterocycles. The van der Waals surface area contributed by atoms with Crippen molar-refractivity contribution in [2.45, 2.75) is 6.92 Å². The van der Waals surface area contributed by atoms with Crippen molar-refractivity contribution < 1.29 is 9.90 Å². The maximum atomic E-state index is 11.0. The van der Waals surface area contributed by atoms with E-state index in [-0.39, 0.29) is 11.7 Å². The number of hydrogen-bond acceptors (Lipinski definition) is 3. The number of nitrogens with one attached hydrogen (secondary N) is 1. The number of aromatic hydroxyl groups is 1. The van der Waals surface area contributed by atoms with E-state index < -0.39 is 0 Å². The second kappa shape index (κ2) is 3.23. The number of benzene rings is 1. The number of carbonyl (C=O) groups is 1. The van der Waals surface area contributed by atoms with Crippen LogP contribution in [0.1, 0.15) is 15.9 Å². The van der Waals surface area contributed by atoms with E-state index in [4.69, 9.17) is 10.9 Å². The molecule has 0 radical (unpaired) electrons. The number of phenolic OH excluding ortho intramolecular Hbond substituents is 1. The van der Waals surface area contributed by atoms with Crippen molar-refractivity contribution >= 4 is 5.91 Å². The molecule has 1 amide bonds. The van der Waals surface area contributed by atoms with E-state index in [0.717, 1.165) is 0 Å². The zero-order valence-corrected chi connectivity index (χ0v) is 6.66. The molecule has 0 saturated carbocycles. The highest BCUT2D eigenvalue weighted by molar-refractivity contribution is 5.95. The van der Waals surface area contributed by atoms with Crippen molar-refractivity contribution in [2.75, 3.05) is 0 Å². The normalized spacial score (nSPS) is 9.50. The largest absolute Gasteiger partial charge is 0.508 e. The van der Waals surface area contributed by atoms with Crippen LogP contribution in [0.5, 0.6) is 5.75 Å². The molecule has 0 atom stereocenters. The quantitative estimate of drug-likeness (QED) is 0.319. The van der Waals surface area contributed by atoms with Crippen LogP contribution < -0.4 is 11.3 Å². The molecule has 1 rings (SSSR count). The zero-order valence-electron chi connectivity index (χ0n) is 6.66. The van der Waals surface area contributed by atoms with Crippen LogP contribution in [-0.2, 0) is 0 Å². The molecule has 4 nitrogen and oxygen atoms in total. The molecule has 0 fully saturated rings. The van der Waals surface area contributed by atoms with Crippen LogP contribution in [0.4, 0.5) is 0 Å². The maximum absolute atomic E-state index is 11.0. The predicted octanol–water partition coefficient (Wildman–Crippen LogP) is 0.304. The van der Waals surface area contributed by atoms with E-state index >= 15 is 0 Å². The van der Waals surface area contributed by atoms with Crippen LogP contribution >= 0.6 is 0 Å². The number of hydrazine groups is 1. The van der Waals surface area contributed by atoms with Crippen LogP contribution in [-0.4, -0.2) is 11.0 Å². The lowest BCUT2D eigenvalue weighted by atomic mass is 10.1. The Bertz CT molecular complexity index is 310. The van der Waals surface area contributed by atoms with Gasteiger partial charge in [-0.15, -0.1) is 0 Å². The van der Waals surface area contributed by atoms with Crippen LogP contribution in [0.25, 0.3) is 0 Å². The summed E-state index contributed by atoms with van der Waals surface area (Å²) in [5.74, 6) is 4.73. The second-order valence-corrected chi connectivity index (χ2v) is 2.47. The third-order valence-corrected chi connectivity index (χ3v) is 1.59. The monoisotopic (exact) mass is 166 g/mol. The fourth-order valence-corrected chi connectivity index (χ4v) is 0.980. The van der Waals surface area contributed by atoms with Gasteiger partial charge in [0.05, 0.1) is 0 Å². The molecule has 64 valence electrons. The van der Waals surface area contributed by atoms with Crippen LogP contribution in [0.2, 0.25) is 0 Å². The molecular formula is C8H10N2O2. The third kappa shape index (κ3) is 1.54. The van der Waals surface area contributed by atoms with E-state index in [2.05, 4.69) is 0 Å². The van der Waals surface area contributed by atoms with Crippen molar-refractivity contribution in [3.05, 3.63) is 29.3 Å². The Hall–Kier alpha value is -1.55. The van der Waals surface area contributed by atoms with Gasteiger partial charge in [-0.2, -0.15) is 0 Å². The zero-order chi connectivity index (χ0) is 9.14. The Morgan fingerprint density at radius 3 is 2.75 bits per heavy atom. The summed E-state index contributed by atoms with van der Waals surface area (Å²) in [6.45, 7) is 1.73. The van der Waals surface area contributed by atoms with Gasteiger partial charge in [0.1, 0.15) is 5.75 Å². The summed E-state index contributed by atoms with van der Waals surface area (Å²) in [6.07, 6.45) is 0. The van der Waals surface area contributed by atoms with Gasteiger partial charge in [0.15, 0.2) is 0 Å². The minimum absolute atomic E-state index is 0.140. The molecule has 0 aliphatic carbocycles.